The maximum absolute atomic E-state index is 11.2. The Balaban J connectivity index is 3.25. The van der Waals surface area contributed by atoms with Crippen LogP contribution in [0.15, 0.2) is 12.2 Å². The lowest BCUT2D eigenvalue weighted by molar-refractivity contribution is -0.147. The van der Waals surface area contributed by atoms with E-state index < -0.39 is 6.10 Å². The minimum atomic E-state index is -0.958. The SMILES string of the molecule is C/C=C\CCCCCCCC(=O)OC[C@H](O)CO. The molecule has 0 rings (SSSR count). The molecule has 0 amide bonds. The summed E-state index contributed by atoms with van der Waals surface area (Å²) in [6.45, 7) is 1.54. The van der Waals surface area contributed by atoms with E-state index in [9.17, 15) is 4.79 Å². The number of hydrogen-bond acceptors (Lipinski definition) is 4. The summed E-state index contributed by atoms with van der Waals surface area (Å²) in [5, 5.41) is 17.5. The molecule has 0 spiro atoms. The second-order valence-corrected chi connectivity index (χ2v) is 4.39. The maximum atomic E-state index is 11.2. The lowest BCUT2D eigenvalue weighted by atomic mass is 10.1. The molecule has 0 saturated carbocycles. The van der Waals surface area contributed by atoms with Gasteiger partial charge in [0.25, 0.3) is 0 Å². The molecular weight excluding hydrogens is 232 g/mol. The first-order valence-electron chi connectivity index (χ1n) is 6.76. The zero-order valence-electron chi connectivity index (χ0n) is 11.3. The number of unbranched alkanes of at least 4 members (excludes halogenated alkanes) is 5. The predicted octanol–water partition coefficient (Wildman–Crippen LogP) is 2.19. The number of rotatable bonds is 11. The minimum absolute atomic E-state index is 0.112. The first kappa shape index (κ1) is 17.1. The van der Waals surface area contributed by atoms with Gasteiger partial charge in [-0.1, -0.05) is 31.4 Å². The summed E-state index contributed by atoms with van der Waals surface area (Å²) < 4.78 is 4.80. The topological polar surface area (TPSA) is 66.8 Å². The Morgan fingerprint density at radius 1 is 1.22 bits per heavy atom. The van der Waals surface area contributed by atoms with Crippen molar-refractivity contribution in [1.82, 2.24) is 0 Å². The molecular formula is C14H26O4. The Hall–Kier alpha value is -0.870. The lowest BCUT2D eigenvalue weighted by Crippen LogP contribution is -2.21. The Morgan fingerprint density at radius 3 is 2.56 bits per heavy atom. The van der Waals surface area contributed by atoms with E-state index in [1.165, 1.54) is 12.8 Å². The van der Waals surface area contributed by atoms with Gasteiger partial charge in [0, 0.05) is 6.42 Å². The summed E-state index contributed by atoms with van der Waals surface area (Å²) in [5.41, 5.74) is 0. The van der Waals surface area contributed by atoms with Gasteiger partial charge in [-0.2, -0.15) is 0 Å². The standard InChI is InChI=1S/C14H26O4/c1-2-3-4-5-6-7-8-9-10-14(17)18-12-13(16)11-15/h2-3,13,15-16H,4-12H2,1H3/b3-2-/t13-/m1/s1. The number of aliphatic hydroxyl groups excluding tert-OH is 2. The molecule has 106 valence electrons. The maximum Gasteiger partial charge on any atom is 0.305 e. The predicted molar refractivity (Wildman–Crippen MR) is 71.2 cm³/mol. The van der Waals surface area contributed by atoms with Crippen LogP contribution in [0.2, 0.25) is 0 Å². The van der Waals surface area contributed by atoms with Crippen molar-refractivity contribution in [3.05, 3.63) is 12.2 Å². The average Bonchev–Trinajstić information content (AvgIpc) is 2.39. The second-order valence-electron chi connectivity index (χ2n) is 4.39. The van der Waals surface area contributed by atoms with Gasteiger partial charge in [0.2, 0.25) is 0 Å². The first-order valence-corrected chi connectivity index (χ1v) is 6.76. The van der Waals surface area contributed by atoms with Crippen molar-refractivity contribution in [2.45, 2.75) is 58.0 Å². The molecule has 2 N–H and O–H groups in total. The van der Waals surface area contributed by atoms with Crippen LogP contribution in [0.4, 0.5) is 0 Å². The zero-order valence-corrected chi connectivity index (χ0v) is 11.3. The fourth-order valence-electron chi connectivity index (χ4n) is 1.54. The Labute approximate surface area is 110 Å². The van der Waals surface area contributed by atoms with Gasteiger partial charge in [0.15, 0.2) is 0 Å². The third-order valence-electron chi connectivity index (χ3n) is 2.63. The van der Waals surface area contributed by atoms with Crippen molar-refractivity contribution < 1.29 is 19.7 Å². The van der Waals surface area contributed by atoms with Gasteiger partial charge in [-0.05, 0) is 26.2 Å². The number of allylic oxidation sites excluding steroid dienone is 2. The number of hydrogen-bond donors (Lipinski definition) is 2. The Bertz CT molecular complexity index is 226. The third-order valence-corrected chi connectivity index (χ3v) is 2.63. The zero-order chi connectivity index (χ0) is 13.6. The van der Waals surface area contributed by atoms with Crippen LogP contribution in [0, 0.1) is 0 Å². The molecule has 0 aliphatic carbocycles. The van der Waals surface area contributed by atoms with Gasteiger partial charge in [0.1, 0.15) is 12.7 Å². The second kappa shape index (κ2) is 12.6. The van der Waals surface area contributed by atoms with E-state index >= 15 is 0 Å². The highest BCUT2D eigenvalue weighted by molar-refractivity contribution is 5.69. The molecule has 0 aliphatic heterocycles. The van der Waals surface area contributed by atoms with Crippen LogP contribution in [0.5, 0.6) is 0 Å². The van der Waals surface area contributed by atoms with Crippen LogP contribution in [0.25, 0.3) is 0 Å². The van der Waals surface area contributed by atoms with E-state index in [-0.39, 0.29) is 19.2 Å². The quantitative estimate of drug-likeness (QED) is 0.339. The van der Waals surface area contributed by atoms with E-state index in [4.69, 9.17) is 14.9 Å². The molecule has 0 aliphatic rings. The normalized spacial score (nSPS) is 12.8. The summed E-state index contributed by atoms with van der Waals surface area (Å²) in [5.74, 6) is -0.295. The van der Waals surface area contributed by atoms with Gasteiger partial charge in [0.05, 0.1) is 6.61 Å². The van der Waals surface area contributed by atoms with Crippen molar-refractivity contribution in [2.24, 2.45) is 0 Å². The van der Waals surface area contributed by atoms with Crippen molar-refractivity contribution in [1.29, 1.82) is 0 Å². The van der Waals surface area contributed by atoms with Gasteiger partial charge >= 0.3 is 5.97 Å². The molecule has 0 bridgehead atoms. The number of ether oxygens (including phenoxy) is 1. The first-order chi connectivity index (χ1) is 8.70. The molecule has 18 heavy (non-hydrogen) atoms. The highest BCUT2D eigenvalue weighted by Crippen LogP contribution is 2.08. The molecule has 0 saturated heterocycles. The van der Waals surface area contributed by atoms with Crippen molar-refractivity contribution >= 4 is 5.97 Å². The van der Waals surface area contributed by atoms with Crippen LogP contribution in [-0.2, 0) is 9.53 Å². The van der Waals surface area contributed by atoms with E-state index in [2.05, 4.69) is 12.2 Å². The van der Waals surface area contributed by atoms with Crippen LogP contribution in [0.3, 0.4) is 0 Å². The van der Waals surface area contributed by atoms with Crippen LogP contribution < -0.4 is 0 Å². The van der Waals surface area contributed by atoms with E-state index in [0.29, 0.717) is 6.42 Å². The molecule has 4 heteroatoms. The molecule has 4 nitrogen and oxygen atoms in total. The van der Waals surface area contributed by atoms with Crippen LogP contribution >= 0.6 is 0 Å². The van der Waals surface area contributed by atoms with Gasteiger partial charge in [-0.25, -0.2) is 0 Å². The van der Waals surface area contributed by atoms with Crippen LogP contribution in [0.1, 0.15) is 51.9 Å². The minimum Gasteiger partial charge on any atom is -0.463 e. The monoisotopic (exact) mass is 258 g/mol. The summed E-state index contributed by atoms with van der Waals surface area (Å²) in [4.78, 5) is 11.2. The van der Waals surface area contributed by atoms with Crippen LogP contribution in [-0.4, -0.2) is 35.5 Å². The third kappa shape index (κ3) is 11.6. The fraction of sp³-hybridized carbons (Fsp3) is 0.786. The molecule has 0 aromatic carbocycles. The number of carbonyl (C=O) groups excluding carboxylic acids is 1. The summed E-state index contributed by atoms with van der Waals surface area (Å²) >= 11 is 0. The van der Waals surface area contributed by atoms with Gasteiger partial charge in [-0.15, -0.1) is 0 Å². The molecule has 0 radical (unpaired) electrons. The van der Waals surface area contributed by atoms with E-state index in [1.807, 2.05) is 6.92 Å². The fourth-order valence-corrected chi connectivity index (χ4v) is 1.54. The molecule has 0 fully saturated rings. The number of carbonyl (C=O) groups is 1. The smallest absolute Gasteiger partial charge is 0.305 e. The highest BCUT2D eigenvalue weighted by atomic mass is 16.5. The summed E-state index contributed by atoms with van der Waals surface area (Å²) in [6, 6.07) is 0. The largest absolute Gasteiger partial charge is 0.463 e. The van der Waals surface area contributed by atoms with Crippen molar-refractivity contribution in [2.75, 3.05) is 13.2 Å². The van der Waals surface area contributed by atoms with Gasteiger partial charge in [-0.3, -0.25) is 4.79 Å². The molecule has 1 atom stereocenters. The Morgan fingerprint density at radius 2 is 1.89 bits per heavy atom. The number of esters is 1. The lowest BCUT2D eigenvalue weighted by Gasteiger charge is -2.08. The molecule has 0 aromatic heterocycles. The van der Waals surface area contributed by atoms with Crippen molar-refractivity contribution in [3.63, 3.8) is 0 Å². The number of aliphatic hydroxyl groups is 2. The average molecular weight is 258 g/mol. The summed E-state index contributed by atoms with van der Waals surface area (Å²) in [6.07, 6.45) is 10.2. The van der Waals surface area contributed by atoms with E-state index in [0.717, 1.165) is 25.7 Å². The molecule has 0 unspecified atom stereocenters. The molecule has 0 aromatic rings. The summed E-state index contributed by atoms with van der Waals surface area (Å²) in [7, 11) is 0. The molecule has 0 heterocycles. The van der Waals surface area contributed by atoms with Crippen molar-refractivity contribution in [3.8, 4) is 0 Å². The van der Waals surface area contributed by atoms with E-state index in [1.54, 1.807) is 0 Å². The highest BCUT2D eigenvalue weighted by Gasteiger charge is 2.07. The van der Waals surface area contributed by atoms with Gasteiger partial charge < -0.3 is 14.9 Å². The Kier molecular flexibility index (Phi) is 12.0.